The second-order valence-electron chi connectivity index (χ2n) is 2.73. The zero-order valence-electron chi connectivity index (χ0n) is 8.66. The third-order valence-electron chi connectivity index (χ3n) is 1.76. The minimum absolute atomic E-state index is 0.122. The first-order chi connectivity index (χ1) is 8.13. The Balaban J connectivity index is 3.29. The number of thioether (sulfide) groups is 1. The van der Waals surface area contributed by atoms with Crippen LogP contribution in [-0.2, 0) is 0 Å². The summed E-state index contributed by atoms with van der Waals surface area (Å²) in [5.74, 6) is -0.591. The molecule has 0 aliphatic rings. The molecule has 0 aromatic heterocycles. The Morgan fingerprint density at radius 3 is 2.76 bits per heavy atom. The number of halogens is 2. The van der Waals surface area contributed by atoms with E-state index in [4.69, 9.17) is 10.5 Å². The third kappa shape index (κ3) is 3.32. The van der Waals surface area contributed by atoms with Crippen LogP contribution in [0.3, 0.4) is 0 Å². The Morgan fingerprint density at radius 2 is 2.24 bits per heavy atom. The molecule has 1 N–H and O–H groups in total. The van der Waals surface area contributed by atoms with Crippen LogP contribution in [0.4, 0.5) is 10.1 Å². The van der Waals surface area contributed by atoms with Crippen LogP contribution in [0, 0.1) is 32.2 Å². The van der Waals surface area contributed by atoms with Crippen molar-refractivity contribution >= 4 is 45.2 Å². The number of nitrogens with one attached hydrogen (secondary N) is 1. The van der Waals surface area contributed by atoms with Gasteiger partial charge in [-0.05, 0) is 41.0 Å². The minimum Gasteiger partial charge on any atom is -0.271 e. The van der Waals surface area contributed by atoms with E-state index in [0.29, 0.717) is 8.74 Å². The summed E-state index contributed by atoms with van der Waals surface area (Å²) in [6, 6.07) is 4.84. The van der Waals surface area contributed by atoms with Gasteiger partial charge in [0.05, 0.1) is 9.26 Å². The molecular weight excluding hydrogens is 354 g/mol. The molecular formula is C10H6FIN4S. The minimum atomic E-state index is -0.591. The molecule has 0 unspecified atom stereocenters. The first-order valence-corrected chi connectivity index (χ1v) is 6.60. The topological polar surface area (TPSA) is 72.0 Å². The molecule has 0 spiro atoms. The van der Waals surface area contributed by atoms with Crippen LogP contribution in [0.1, 0.15) is 5.56 Å². The van der Waals surface area contributed by atoms with Gasteiger partial charge in [0.2, 0.25) is 0 Å². The Morgan fingerprint density at radius 1 is 1.53 bits per heavy atom. The Hall–Kier alpha value is -1.32. The Labute approximate surface area is 116 Å². The summed E-state index contributed by atoms with van der Waals surface area (Å²) < 4.78 is 14.0. The van der Waals surface area contributed by atoms with Crippen molar-refractivity contribution in [3.05, 3.63) is 27.1 Å². The van der Waals surface area contributed by atoms with Crippen molar-refractivity contribution in [1.82, 2.24) is 5.32 Å². The number of hydrogen-bond donors (Lipinski definition) is 1. The van der Waals surface area contributed by atoms with Crippen molar-refractivity contribution in [3.8, 4) is 12.3 Å². The fraction of sp³-hybridized carbons (Fsp3) is 0.100. The SMILES string of the molecule is CSC(=Nc1ccc(I)c(F)c1C#N)NC#N. The van der Waals surface area contributed by atoms with E-state index < -0.39 is 5.82 Å². The molecule has 7 heteroatoms. The number of amidine groups is 1. The maximum Gasteiger partial charge on any atom is 0.183 e. The summed E-state index contributed by atoms with van der Waals surface area (Å²) in [6.07, 6.45) is 3.44. The van der Waals surface area contributed by atoms with Gasteiger partial charge in [-0.3, -0.25) is 5.32 Å². The molecule has 0 fully saturated rings. The van der Waals surface area contributed by atoms with E-state index in [9.17, 15) is 4.39 Å². The number of nitrogens with zero attached hydrogens (tertiary/aromatic N) is 3. The van der Waals surface area contributed by atoms with Crippen LogP contribution in [0.5, 0.6) is 0 Å². The lowest BCUT2D eigenvalue weighted by molar-refractivity contribution is 0.617. The average molecular weight is 360 g/mol. The predicted octanol–water partition coefficient (Wildman–Crippen LogP) is 2.72. The first kappa shape index (κ1) is 13.7. The lowest BCUT2D eigenvalue weighted by Crippen LogP contribution is -2.12. The molecule has 1 aromatic rings. The molecule has 0 aliphatic carbocycles. The molecule has 0 atom stereocenters. The van der Waals surface area contributed by atoms with Crippen LogP contribution >= 0.6 is 34.4 Å². The van der Waals surface area contributed by atoms with E-state index in [1.807, 2.05) is 0 Å². The van der Waals surface area contributed by atoms with Gasteiger partial charge in [-0.1, -0.05) is 11.8 Å². The summed E-state index contributed by atoms with van der Waals surface area (Å²) in [4.78, 5) is 4.02. The largest absolute Gasteiger partial charge is 0.271 e. The van der Waals surface area contributed by atoms with Crippen molar-refractivity contribution in [3.63, 3.8) is 0 Å². The fourth-order valence-electron chi connectivity index (χ4n) is 1.02. The molecule has 0 radical (unpaired) electrons. The quantitative estimate of drug-likeness (QED) is 0.275. The maximum absolute atomic E-state index is 13.6. The summed E-state index contributed by atoms with van der Waals surface area (Å²) in [6.45, 7) is 0. The third-order valence-corrected chi connectivity index (χ3v) is 3.18. The standard InChI is InChI=1S/C10H6FIN4S/c1-17-10(15-5-14)16-8-3-2-7(12)9(11)6(8)4-13/h2-3H,1H3,(H,15,16). The van der Waals surface area contributed by atoms with Crippen LogP contribution in [-0.4, -0.2) is 11.4 Å². The van der Waals surface area contributed by atoms with E-state index >= 15 is 0 Å². The number of aliphatic imine (C=N–C) groups is 1. The number of hydrogen-bond acceptors (Lipinski definition) is 4. The van der Waals surface area contributed by atoms with Gasteiger partial charge in [-0.25, -0.2) is 9.38 Å². The first-order valence-electron chi connectivity index (χ1n) is 4.30. The second-order valence-corrected chi connectivity index (χ2v) is 4.68. The molecule has 1 rings (SSSR count). The van der Waals surface area contributed by atoms with Crippen LogP contribution in [0.2, 0.25) is 0 Å². The van der Waals surface area contributed by atoms with Crippen LogP contribution in [0.15, 0.2) is 17.1 Å². The predicted molar refractivity (Wildman–Crippen MR) is 73.2 cm³/mol. The van der Waals surface area contributed by atoms with Gasteiger partial charge in [-0.2, -0.15) is 10.5 Å². The molecule has 0 bridgehead atoms. The highest BCUT2D eigenvalue weighted by atomic mass is 127. The van der Waals surface area contributed by atoms with E-state index in [2.05, 4.69) is 10.3 Å². The number of nitriles is 2. The van der Waals surface area contributed by atoms with Crippen molar-refractivity contribution in [2.75, 3.05) is 6.26 Å². The highest BCUT2D eigenvalue weighted by Crippen LogP contribution is 2.25. The monoisotopic (exact) mass is 360 g/mol. The smallest absolute Gasteiger partial charge is 0.183 e. The van der Waals surface area contributed by atoms with Crippen molar-refractivity contribution in [2.24, 2.45) is 4.99 Å². The summed E-state index contributed by atoms with van der Waals surface area (Å²) in [5, 5.41) is 20.0. The van der Waals surface area contributed by atoms with Crippen LogP contribution in [0.25, 0.3) is 0 Å². The zero-order chi connectivity index (χ0) is 12.8. The van der Waals surface area contributed by atoms with Gasteiger partial charge in [0.15, 0.2) is 17.2 Å². The van der Waals surface area contributed by atoms with Crippen molar-refractivity contribution in [2.45, 2.75) is 0 Å². The second kappa shape index (κ2) is 6.42. The molecule has 0 amide bonds. The summed E-state index contributed by atoms with van der Waals surface area (Å²) in [5.41, 5.74) is 0.0840. The van der Waals surface area contributed by atoms with E-state index in [-0.39, 0.29) is 11.3 Å². The van der Waals surface area contributed by atoms with Crippen molar-refractivity contribution < 1.29 is 4.39 Å². The molecule has 0 saturated heterocycles. The lowest BCUT2D eigenvalue weighted by Gasteiger charge is -2.03. The summed E-state index contributed by atoms with van der Waals surface area (Å²) in [7, 11) is 0. The van der Waals surface area contributed by atoms with Gasteiger partial charge in [-0.15, -0.1) is 0 Å². The molecule has 4 nitrogen and oxygen atoms in total. The Bertz CT molecular complexity index is 544. The fourth-order valence-corrected chi connectivity index (χ4v) is 1.81. The van der Waals surface area contributed by atoms with Crippen molar-refractivity contribution in [1.29, 1.82) is 10.5 Å². The highest BCUT2D eigenvalue weighted by molar-refractivity contribution is 14.1. The summed E-state index contributed by atoms with van der Waals surface area (Å²) >= 11 is 3.00. The van der Waals surface area contributed by atoms with Gasteiger partial charge in [0, 0.05) is 0 Å². The van der Waals surface area contributed by atoms with E-state index in [1.54, 1.807) is 47.2 Å². The molecule has 0 aliphatic heterocycles. The molecule has 0 heterocycles. The molecule has 86 valence electrons. The van der Waals surface area contributed by atoms with Crippen LogP contribution < -0.4 is 5.32 Å². The van der Waals surface area contributed by atoms with Gasteiger partial charge < -0.3 is 0 Å². The van der Waals surface area contributed by atoms with E-state index in [0.717, 1.165) is 0 Å². The molecule has 0 saturated carbocycles. The number of rotatable bonds is 1. The van der Waals surface area contributed by atoms with Gasteiger partial charge in [0.25, 0.3) is 0 Å². The van der Waals surface area contributed by atoms with Gasteiger partial charge >= 0.3 is 0 Å². The average Bonchev–Trinajstić information content (AvgIpc) is 2.33. The zero-order valence-corrected chi connectivity index (χ0v) is 11.6. The normalized spacial score (nSPS) is 10.5. The molecule has 1 aromatic carbocycles. The lowest BCUT2D eigenvalue weighted by atomic mass is 10.2. The van der Waals surface area contributed by atoms with Gasteiger partial charge in [0.1, 0.15) is 11.6 Å². The highest BCUT2D eigenvalue weighted by Gasteiger charge is 2.11. The Kier molecular flexibility index (Phi) is 5.19. The molecule has 17 heavy (non-hydrogen) atoms. The van der Waals surface area contributed by atoms with E-state index in [1.165, 1.54) is 17.8 Å². The number of benzene rings is 1. The maximum atomic E-state index is 13.6.